The van der Waals surface area contributed by atoms with Gasteiger partial charge in [-0.1, -0.05) is 35.9 Å². The first-order chi connectivity index (χ1) is 25.4. The summed E-state index contributed by atoms with van der Waals surface area (Å²) < 4.78 is 77.7. The lowest BCUT2D eigenvalue weighted by atomic mass is 9.86. The number of ether oxygens (including phenoxy) is 7. The van der Waals surface area contributed by atoms with E-state index >= 15 is 0 Å². The van der Waals surface area contributed by atoms with E-state index in [4.69, 9.17) is 49.9 Å². The molecule has 0 bridgehead atoms. The number of carbonyl (C=O) groups is 1. The van der Waals surface area contributed by atoms with Crippen molar-refractivity contribution in [3.8, 4) is 11.6 Å². The summed E-state index contributed by atoms with van der Waals surface area (Å²) in [6.45, 7) is 9.38. The highest BCUT2D eigenvalue weighted by Crippen LogP contribution is 2.31. The average Bonchev–Trinajstić information content (AvgIpc) is 3.12. The summed E-state index contributed by atoms with van der Waals surface area (Å²) in [6, 6.07) is 16.6. The van der Waals surface area contributed by atoms with Crippen molar-refractivity contribution in [3.63, 3.8) is 0 Å². The topological polar surface area (TPSA) is 127 Å². The summed E-state index contributed by atoms with van der Waals surface area (Å²) in [4.78, 5) is 17.2. The Morgan fingerprint density at radius 2 is 1.38 bits per heavy atom. The fourth-order valence-electron chi connectivity index (χ4n) is 4.95. The lowest BCUT2D eigenvalue weighted by molar-refractivity contribution is -0.138. The first kappa shape index (κ1) is 43.9. The van der Waals surface area contributed by atoms with E-state index in [1.54, 1.807) is 0 Å². The standard InChI is InChI=1S/C38H50ClF3N2O9/c1-28(44-36(46)37(2,3)53-35-12-9-31(27-43-35)38(40,41)42)34(25-29-7-10-32(39)11-8-29)30-5-4-6-33(26-30)52-24-23-51-22-21-50-20-19-49-18-17-48-16-15-47-14-13-45/h4-12,26-28,34,45H,13-25H2,1-3H3,(H,44,46). The number of pyridine rings is 1. The van der Waals surface area contributed by atoms with Gasteiger partial charge in [0.05, 0.1) is 78.2 Å². The zero-order valence-electron chi connectivity index (χ0n) is 30.4. The van der Waals surface area contributed by atoms with Crippen LogP contribution in [0.2, 0.25) is 5.02 Å². The zero-order valence-corrected chi connectivity index (χ0v) is 31.1. The summed E-state index contributed by atoms with van der Waals surface area (Å²) >= 11 is 6.13. The molecular formula is C38H50ClF3N2O9. The Morgan fingerprint density at radius 1 is 0.811 bits per heavy atom. The van der Waals surface area contributed by atoms with Crippen LogP contribution in [-0.2, 0) is 41.1 Å². The maximum Gasteiger partial charge on any atom is 0.417 e. The molecule has 1 amide bonds. The van der Waals surface area contributed by atoms with Gasteiger partial charge < -0.3 is 43.6 Å². The van der Waals surface area contributed by atoms with E-state index in [0.717, 1.165) is 23.3 Å². The molecule has 0 radical (unpaired) electrons. The number of hydrogen-bond donors (Lipinski definition) is 2. The minimum atomic E-state index is -4.54. The van der Waals surface area contributed by atoms with Crippen molar-refractivity contribution in [2.75, 3.05) is 79.3 Å². The third-order valence-corrected chi connectivity index (χ3v) is 8.06. The molecule has 0 fully saturated rings. The maximum absolute atomic E-state index is 13.5. The number of nitrogens with one attached hydrogen (secondary N) is 1. The molecule has 2 N–H and O–H groups in total. The fourth-order valence-corrected chi connectivity index (χ4v) is 5.08. The average molecular weight is 771 g/mol. The second-order valence-electron chi connectivity index (χ2n) is 12.4. The van der Waals surface area contributed by atoms with Gasteiger partial charge in [-0.15, -0.1) is 0 Å². The third kappa shape index (κ3) is 17.0. The molecule has 11 nitrogen and oxygen atoms in total. The van der Waals surface area contributed by atoms with Crippen LogP contribution < -0.4 is 14.8 Å². The molecule has 2 atom stereocenters. The third-order valence-electron chi connectivity index (χ3n) is 7.81. The first-order valence-electron chi connectivity index (χ1n) is 17.4. The molecular weight excluding hydrogens is 721 g/mol. The first-order valence-corrected chi connectivity index (χ1v) is 17.8. The van der Waals surface area contributed by atoms with Gasteiger partial charge in [0.2, 0.25) is 5.88 Å². The van der Waals surface area contributed by atoms with Crippen molar-refractivity contribution < 1.29 is 56.2 Å². The van der Waals surface area contributed by atoms with Crippen molar-refractivity contribution in [2.45, 2.75) is 50.9 Å². The van der Waals surface area contributed by atoms with Crippen LogP contribution in [0, 0.1) is 0 Å². The van der Waals surface area contributed by atoms with Crippen LogP contribution >= 0.6 is 11.6 Å². The quantitative estimate of drug-likeness (QED) is 0.0954. The number of benzene rings is 2. The normalized spacial score (nSPS) is 13.1. The summed E-state index contributed by atoms with van der Waals surface area (Å²) in [7, 11) is 0. The Hall–Kier alpha value is -3.50. The van der Waals surface area contributed by atoms with E-state index in [9.17, 15) is 18.0 Å². The molecule has 0 aliphatic carbocycles. The number of carbonyl (C=O) groups excluding carboxylic acids is 1. The number of aromatic nitrogens is 1. The van der Waals surface area contributed by atoms with Gasteiger partial charge >= 0.3 is 6.18 Å². The lowest BCUT2D eigenvalue weighted by Gasteiger charge is -2.31. The van der Waals surface area contributed by atoms with E-state index in [1.807, 2.05) is 55.5 Å². The monoisotopic (exact) mass is 770 g/mol. The van der Waals surface area contributed by atoms with E-state index in [2.05, 4.69) is 10.3 Å². The molecule has 294 valence electrons. The van der Waals surface area contributed by atoms with Gasteiger partial charge in [0.25, 0.3) is 5.91 Å². The second-order valence-corrected chi connectivity index (χ2v) is 12.8. The highest BCUT2D eigenvalue weighted by molar-refractivity contribution is 6.30. The highest BCUT2D eigenvalue weighted by Gasteiger charge is 2.35. The van der Waals surface area contributed by atoms with Crippen LogP contribution in [0.1, 0.15) is 43.4 Å². The van der Waals surface area contributed by atoms with Gasteiger partial charge in [-0.3, -0.25) is 4.79 Å². The molecule has 15 heteroatoms. The number of rotatable bonds is 26. The second kappa shape index (κ2) is 23.3. The van der Waals surface area contributed by atoms with Crippen LogP contribution in [0.25, 0.3) is 0 Å². The molecule has 1 aromatic heterocycles. The van der Waals surface area contributed by atoms with Crippen molar-refractivity contribution in [1.82, 2.24) is 10.3 Å². The van der Waals surface area contributed by atoms with Gasteiger partial charge in [-0.05, 0) is 68.7 Å². The Kier molecular flexibility index (Phi) is 19.3. The number of aliphatic hydroxyl groups excluding tert-OH is 1. The molecule has 3 aromatic rings. The molecule has 2 unspecified atom stereocenters. The lowest BCUT2D eigenvalue weighted by Crippen LogP contribution is -2.51. The molecule has 1 heterocycles. The maximum atomic E-state index is 13.5. The van der Waals surface area contributed by atoms with Crippen molar-refractivity contribution in [1.29, 1.82) is 0 Å². The summed E-state index contributed by atoms with van der Waals surface area (Å²) in [5.74, 6) is -0.133. The van der Waals surface area contributed by atoms with Crippen molar-refractivity contribution in [3.05, 3.63) is 88.6 Å². The van der Waals surface area contributed by atoms with Gasteiger partial charge in [-0.2, -0.15) is 13.2 Å². The highest BCUT2D eigenvalue weighted by atomic mass is 35.5. The SMILES string of the molecule is CC(NC(=O)C(C)(C)Oc1ccc(C(F)(F)F)cn1)C(Cc1ccc(Cl)cc1)c1cccc(OCCOCCOCCOCCOCCOCCO)c1. The number of alkyl halides is 3. The summed E-state index contributed by atoms with van der Waals surface area (Å²) in [5.41, 5.74) is -0.430. The van der Waals surface area contributed by atoms with Gasteiger partial charge in [0.15, 0.2) is 5.60 Å². The molecule has 3 rings (SSSR count). The van der Waals surface area contributed by atoms with Crippen LogP contribution in [0.5, 0.6) is 11.6 Å². The predicted molar refractivity (Wildman–Crippen MR) is 193 cm³/mol. The minimum Gasteiger partial charge on any atom is -0.491 e. The summed E-state index contributed by atoms with van der Waals surface area (Å²) in [5, 5.41) is 12.3. The number of nitrogens with zero attached hydrogens (tertiary/aromatic N) is 1. The zero-order chi connectivity index (χ0) is 38.5. The number of aliphatic hydroxyl groups is 1. The number of hydrogen-bond acceptors (Lipinski definition) is 10. The largest absolute Gasteiger partial charge is 0.491 e. The van der Waals surface area contributed by atoms with Gasteiger partial charge in [-0.25, -0.2) is 4.98 Å². The number of halogens is 4. The van der Waals surface area contributed by atoms with E-state index in [1.165, 1.54) is 13.8 Å². The van der Waals surface area contributed by atoms with E-state index in [0.29, 0.717) is 96.1 Å². The van der Waals surface area contributed by atoms with E-state index < -0.39 is 29.3 Å². The summed E-state index contributed by atoms with van der Waals surface area (Å²) in [6.07, 6.45) is -3.30. The van der Waals surface area contributed by atoms with Crippen LogP contribution in [0.3, 0.4) is 0 Å². The smallest absolute Gasteiger partial charge is 0.417 e. The molecule has 53 heavy (non-hydrogen) atoms. The Bertz CT molecular complexity index is 1460. The van der Waals surface area contributed by atoms with Crippen LogP contribution in [0.4, 0.5) is 13.2 Å². The molecule has 0 spiro atoms. The van der Waals surface area contributed by atoms with E-state index in [-0.39, 0.29) is 18.4 Å². The van der Waals surface area contributed by atoms with Crippen molar-refractivity contribution >= 4 is 17.5 Å². The Labute approximate surface area is 314 Å². The molecule has 0 aliphatic heterocycles. The number of amides is 1. The van der Waals surface area contributed by atoms with Crippen molar-refractivity contribution in [2.24, 2.45) is 0 Å². The van der Waals surface area contributed by atoms with Crippen LogP contribution in [0.15, 0.2) is 66.9 Å². The Morgan fingerprint density at radius 3 is 1.91 bits per heavy atom. The van der Waals surface area contributed by atoms with Crippen LogP contribution in [-0.4, -0.2) is 107 Å². The molecule has 0 saturated carbocycles. The molecule has 0 saturated heterocycles. The van der Waals surface area contributed by atoms with Gasteiger partial charge in [0.1, 0.15) is 12.4 Å². The molecule has 2 aromatic carbocycles. The molecule has 0 aliphatic rings. The Balaban J connectivity index is 1.47. The minimum absolute atomic E-state index is 0.00448. The fraction of sp³-hybridized carbons (Fsp3) is 0.526. The predicted octanol–water partition coefficient (Wildman–Crippen LogP) is 5.90. The van der Waals surface area contributed by atoms with Gasteiger partial charge in [0, 0.05) is 29.2 Å².